The Morgan fingerprint density at radius 1 is 0.289 bits per heavy atom. The van der Waals surface area contributed by atoms with Crippen LogP contribution >= 0.6 is 0 Å². The summed E-state index contributed by atoms with van der Waals surface area (Å²) in [6.07, 6.45) is 0. The van der Waals surface area contributed by atoms with Gasteiger partial charge in [-0.3, -0.25) is 0 Å². The molecule has 0 N–H and O–H groups in total. The molecule has 0 saturated carbocycles. The highest BCUT2D eigenvalue weighted by Crippen LogP contribution is 2.64. The van der Waals surface area contributed by atoms with Gasteiger partial charge in [0.25, 0.3) is 0 Å². The van der Waals surface area contributed by atoms with Crippen LogP contribution in [0.2, 0.25) is 0 Å². The van der Waals surface area contributed by atoms with Crippen LogP contribution in [0.15, 0.2) is 261 Å². The number of benzene rings is 11. The molecule has 16 rings (SSSR count). The van der Waals surface area contributed by atoms with Crippen molar-refractivity contribution in [3.63, 3.8) is 0 Å². The van der Waals surface area contributed by atoms with Gasteiger partial charge in [-0.1, -0.05) is 188 Å². The Morgan fingerprint density at radius 3 is 1.41 bits per heavy atom. The molecule has 6 nitrogen and oxygen atoms in total. The molecule has 354 valence electrons. The Hall–Kier alpha value is -10.2. The molecular formula is C70H43N5O. The molecule has 1 aliphatic carbocycles. The first-order valence-electron chi connectivity index (χ1n) is 25.8. The minimum absolute atomic E-state index is 0.608. The fraction of sp³-hybridized carbons (Fsp3) is 0.0143. The van der Waals surface area contributed by atoms with Crippen LogP contribution in [-0.2, 0) is 5.41 Å². The van der Waals surface area contributed by atoms with E-state index in [-0.39, 0.29) is 0 Å². The van der Waals surface area contributed by atoms with Gasteiger partial charge in [-0.05, 0) is 106 Å². The average molecular weight is 970 g/mol. The molecule has 0 saturated heterocycles. The Morgan fingerprint density at radius 2 is 0.776 bits per heavy atom. The van der Waals surface area contributed by atoms with Crippen molar-refractivity contribution in [1.82, 2.24) is 24.1 Å². The third-order valence-electron chi connectivity index (χ3n) is 15.8. The lowest BCUT2D eigenvalue weighted by Gasteiger charge is -2.39. The molecule has 1 aliphatic heterocycles. The number of hydrogen-bond acceptors (Lipinski definition) is 4. The Kier molecular flexibility index (Phi) is 9.15. The van der Waals surface area contributed by atoms with Gasteiger partial charge in [0.15, 0.2) is 17.5 Å². The van der Waals surface area contributed by atoms with Gasteiger partial charge < -0.3 is 13.9 Å². The van der Waals surface area contributed by atoms with Gasteiger partial charge in [0.1, 0.15) is 11.5 Å². The smallest absolute Gasteiger partial charge is 0.164 e. The molecule has 3 aromatic heterocycles. The lowest BCUT2D eigenvalue weighted by Crippen LogP contribution is -2.32. The minimum Gasteiger partial charge on any atom is -0.457 e. The van der Waals surface area contributed by atoms with Crippen LogP contribution in [0.4, 0.5) is 0 Å². The minimum atomic E-state index is -0.744. The summed E-state index contributed by atoms with van der Waals surface area (Å²) in [7, 11) is 0. The Bertz CT molecular complexity index is 4550. The molecule has 11 aromatic carbocycles. The van der Waals surface area contributed by atoms with E-state index in [1.165, 1.54) is 43.7 Å². The number of rotatable bonds is 6. The molecule has 76 heavy (non-hydrogen) atoms. The van der Waals surface area contributed by atoms with E-state index >= 15 is 0 Å². The van der Waals surface area contributed by atoms with E-state index in [0.29, 0.717) is 17.5 Å². The van der Waals surface area contributed by atoms with Crippen LogP contribution in [0.3, 0.4) is 0 Å². The van der Waals surface area contributed by atoms with Crippen LogP contribution in [0.5, 0.6) is 11.5 Å². The third kappa shape index (κ3) is 6.12. The highest BCUT2D eigenvalue weighted by Gasteiger charge is 2.52. The summed E-state index contributed by atoms with van der Waals surface area (Å²) in [4.78, 5) is 15.5. The van der Waals surface area contributed by atoms with Gasteiger partial charge in [-0.2, -0.15) is 0 Å². The van der Waals surface area contributed by atoms with Crippen molar-refractivity contribution in [2.24, 2.45) is 0 Å². The maximum atomic E-state index is 6.83. The Balaban J connectivity index is 0.962. The first-order valence-corrected chi connectivity index (χ1v) is 25.8. The predicted octanol–water partition coefficient (Wildman–Crippen LogP) is 17.2. The summed E-state index contributed by atoms with van der Waals surface area (Å²) in [5.41, 5.74) is 18.1. The zero-order valence-corrected chi connectivity index (χ0v) is 41.0. The fourth-order valence-electron chi connectivity index (χ4n) is 12.6. The molecular weight excluding hydrogens is 927 g/mol. The summed E-state index contributed by atoms with van der Waals surface area (Å²) in [5.74, 6) is 3.53. The number of fused-ring (bicyclic) bond motifs is 15. The number of nitrogens with zero attached hydrogens (tertiary/aromatic N) is 5. The average Bonchev–Trinajstić information content (AvgIpc) is 4.23. The highest BCUT2D eigenvalue weighted by molar-refractivity contribution is 6.20. The van der Waals surface area contributed by atoms with Crippen LogP contribution in [0.25, 0.3) is 111 Å². The maximum absolute atomic E-state index is 6.83. The molecule has 0 atom stereocenters. The molecule has 0 bridgehead atoms. The summed E-state index contributed by atoms with van der Waals surface area (Å²) < 4.78 is 11.7. The van der Waals surface area contributed by atoms with E-state index in [1.807, 2.05) is 36.4 Å². The molecule has 0 radical (unpaired) electrons. The van der Waals surface area contributed by atoms with Crippen molar-refractivity contribution in [1.29, 1.82) is 0 Å². The van der Waals surface area contributed by atoms with Crippen LogP contribution < -0.4 is 4.74 Å². The van der Waals surface area contributed by atoms with E-state index in [2.05, 4.69) is 234 Å². The summed E-state index contributed by atoms with van der Waals surface area (Å²) >= 11 is 0. The van der Waals surface area contributed by atoms with Crippen LogP contribution in [-0.4, -0.2) is 24.1 Å². The van der Waals surface area contributed by atoms with E-state index < -0.39 is 5.41 Å². The molecule has 0 fully saturated rings. The third-order valence-corrected chi connectivity index (χ3v) is 15.8. The number of ether oxygens (including phenoxy) is 1. The van der Waals surface area contributed by atoms with Gasteiger partial charge in [-0.15, -0.1) is 0 Å². The van der Waals surface area contributed by atoms with E-state index in [0.717, 1.165) is 84.0 Å². The van der Waals surface area contributed by atoms with E-state index in [9.17, 15) is 0 Å². The monoisotopic (exact) mass is 969 g/mol. The van der Waals surface area contributed by atoms with Gasteiger partial charge in [0.2, 0.25) is 0 Å². The van der Waals surface area contributed by atoms with E-state index in [1.54, 1.807) is 0 Å². The second-order valence-electron chi connectivity index (χ2n) is 19.8. The van der Waals surface area contributed by atoms with Crippen molar-refractivity contribution < 1.29 is 4.74 Å². The second-order valence-corrected chi connectivity index (χ2v) is 19.8. The maximum Gasteiger partial charge on any atom is 0.164 e. The lowest BCUT2D eigenvalue weighted by atomic mass is 9.66. The molecule has 6 heteroatoms. The first-order chi connectivity index (χ1) is 37.7. The summed E-state index contributed by atoms with van der Waals surface area (Å²) in [6.45, 7) is 0. The zero-order chi connectivity index (χ0) is 49.9. The van der Waals surface area contributed by atoms with Gasteiger partial charge >= 0.3 is 0 Å². The topological polar surface area (TPSA) is 57.8 Å². The highest BCUT2D eigenvalue weighted by atomic mass is 16.5. The summed E-state index contributed by atoms with van der Waals surface area (Å²) in [6, 6.07) is 93.4. The van der Waals surface area contributed by atoms with E-state index in [4.69, 9.17) is 19.7 Å². The largest absolute Gasteiger partial charge is 0.457 e. The second kappa shape index (κ2) is 16.4. The van der Waals surface area contributed by atoms with Crippen molar-refractivity contribution in [2.75, 3.05) is 0 Å². The molecule has 0 amide bonds. The number of para-hydroxylation sites is 5. The summed E-state index contributed by atoms with van der Waals surface area (Å²) in [5, 5.41) is 4.84. The van der Waals surface area contributed by atoms with Crippen LogP contribution in [0.1, 0.15) is 22.3 Å². The zero-order valence-electron chi connectivity index (χ0n) is 41.0. The predicted molar refractivity (Wildman–Crippen MR) is 308 cm³/mol. The van der Waals surface area contributed by atoms with Crippen molar-refractivity contribution in [3.8, 4) is 79.3 Å². The van der Waals surface area contributed by atoms with Crippen LogP contribution in [0, 0.1) is 0 Å². The molecule has 4 heterocycles. The quantitative estimate of drug-likeness (QED) is 0.167. The van der Waals surface area contributed by atoms with Crippen molar-refractivity contribution in [2.45, 2.75) is 5.41 Å². The lowest BCUT2D eigenvalue weighted by molar-refractivity contribution is 0.436. The van der Waals surface area contributed by atoms with Crippen molar-refractivity contribution in [3.05, 3.63) is 283 Å². The number of hydrogen-bond donors (Lipinski definition) is 0. The molecule has 2 aliphatic rings. The standard InChI is InChI=1S/C70H43N5O/c1-5-20-44(21-6-1)67-71-68(45-22-7-2-8-23-45)73-69(72-67)47-36-38-52-59(41-47)70(56-30-14-17-34-64(56)76-65-35-18-15-31-57(65)70)58-32-19-29-50(66(52)58)46-37-39-61-53(40-46)55-42-54-51-28-13-16-33-60(51)74(48-24-9-3-10-25-48)62(54)43-63(55)75(61)49-26-11-4-12-27-49/h1-43H. The normalized spacial score (nSPS) is 12.9. The molecule has 0 unspecified atom stereocenters. The van der Waals surface area contributed by atoms with Crippen molar-refractivity contribution >= 4 is 43.6 Å². The van der Waals surface area contributed by atoms with Gasteiger partial charge in [0, 0.05) is 60.7 Å². The van der Waals surface area contributed by atoms with Gasteiger partial charge in [-0.25, -0.2) is 15.0 Å². The number of aromatic nitrogens is 5. The molecule has 1 spiro atoms. The Labute approximate surface area is 438 Å². The van der Waals surface area contributed by atoms with Gasteiger partial charge in [0.05, 0.1) is 27.5 Å². The first kappa shape index (κ1) is 42.3. The molecule has 14 aromatic rings. The SMILES string of the molecule is c1ccc(-c2nc(-c3ccccc3)nc(-c3ccc4c(c3)C3(c5ccccc5Oc5ccccc53)c3cccc(-c5ccc6c(c5)c5cc7c8ccccc8n(-c8ccccc8)c7cc5n6-c5ccccc5)c3-4)n2)cc1. The fourth-order valence-corrected chi connectivity index (χ4v) is 12.6.